The number of hydrogen-bond donors (Lipinski definition) is 2. The Balaban J connectivity index is 1.50. The van der Waals surface area contributed by atoms with Crippen LogP contribution in [0, 0.1) is 5.92 Å². The number of aliphatic carboxylic acids is 1. The van der Waals surface area contributed by atoms with E-state index in [0.29, 0.717) is 24.6 Å². The lowest BCUT2D eigenvalue weighted by Gasteiger charge is -2.29. The molecule has 1 aliphatic heterocycles. The van der Waals surface area contributed by atoms with Gasteiger partial charge in [-0.15, -0.1) is 0 Å². The number of aromatic nitrogens is 1. The largest absolute Gasteiger partial charge is 0.481 e. The van der Waals surface area contributed by atoms with E-state index in [4.69, 9.17) is 5.11 Å². The van der Waals surface area contributed by atoms with Gasteiger partial charge in [0.25, 0.3) is 5.56 Å². The molecule has 2 aromatic carbocycles. The van der Waals surface area contributed by atoms with E-state index in [1.165, 1.54) is 4.31 Å². The maximum Gasteiger partial charge on any atom is 0.306 e. The molecule has 8 heteroatoms. The average Bonchev–Trinajstić information content (AvgIpc) is 3.12. The molecule has 1 fully saturated rings. The van der Waals surface area contributed by atoms with Crippen LogP contribution < -0.4 is 5.56 Å². The smallest absolute Gasteiger partial charge is 0.306 e. The van der Waals surface area contributed by atoms with Gasteiger partial charge in [0.2, 0.25) is 10.0 Å². The normalized spacial score (nSPS) is 17.1. The number of hydrogen-bond acceptors (Lipinski definition) is 4. The Labute approximate surface area is 173 Å². The average molecular weight is 424 g/mol. The minimum atomic E-state index is -3.70. The van der Waals surface area contributed by atoms with Gasteiger partial charge in [-0.05, 0) is 47.6 Å². The summed E-state index contributed by atoms with van der Waals surface area (Å²) in [5.41, 5.74) is 3.29. The zero-order valence-electron chi connectivity index (χ0n) is 16.1. The van der Waals surface area contributed by atoms with E-state index < -0.39 is 21.9 Å². The molecule has 0 amide bonds. The van der Waals surface area contributed by atoms with Gasteiger partial charge in [0.1, 0.15) is 0 Å². The molecule has 154 valence electrons. The molecule has 0 unspecified atom stereocenters. The van der Waals surface area contributed by atoms with Crippen LogP contribution in [-0.4, -0.2) is 41.9 Å². The molecule has 2 N–H and O–H groups in total. The van der Waals surface area contributed by atoms with Crippen LogP contribution >= 0.6 is 0 Å². The van der Waals surface area contributed by atoms with E-state index in [-0.39, 0.29) is 23.5 Å². The van der Waals surface area contributed by atoms with Crippen LogP contribution in [0.1, 0.15) is 24.0 Å². The number of piperidine rings is 1. The van der Waals surface area contributed by atoms with Crippen molar-refractivity contribution in [2.75, 3.05) is 13.1 Å². The fourth-order valence-corrected chi connectivity index (χ4v) is 6.07. The summed E-state index contributed by atoms with van der Waals surface area (Å²) in [6.07, 6.45) is 1.18. The SMILES string of the molecule is O=C(O)C1CCN(S(=O)(=O)c2ccc3c(c2)Cc2c-3[nH]c(=O)c3ccccc23)CC1. The molecule has 2 aliphatic rings. The van der Waals surface area contributed by atoms with Crippen LogP contribution in [0.3, 0.4) is 0 Å². The molecule has 3 aromatic rings. The standard InChI is InChI=1S/C22H20N2O5S/c25-21-18-4-2-1-3-17(18)19-12-14-11-15(5-6-16(14)20(19)23-21)30(28,29)24-9-7-13(8-10-24)22(26)27/h1-6,11,13H,7-10,12H2,(H,23,25)(H,26,27). The van der Waals surface area contributed by atoms with Gasteiger partial charge in [0.15, 0.2) is 0 Å². The van der Waals surface area contributed by atoms with Gasteiger partial charge in [-0.2, -0.15) is 4.31 Å². The molecule has 0 atom stereocenters. The number of nitrogens with zero attached hydrogens (tertiary/aromatic N) is 1. The maximum absolute atomic E-state index is 13.1. The number of fused-ring (bicyclic) bond motifs is 5. The first-order chi connectivity index (χ1) is 14.4. The Hall–Kier alpha value is -2.97. The first-order valence-corrected chi connectivity index (χ1v) is 11.3. The molecule has 1 aromatic heterocycles. The van der Waals surface area contributed by atoms with E-state index in [2.05, 4.69) is 4.98 Å². The Bertz CT molecular complexity index is 1350. The molecule has 0 saturated carbocycles. The number of sulfonamides is 1. The molecule has 7 nitrogen and oxygen atoms in total. The van der Waals surface area contributed by atoms with E-state index in [1.807, 2.05) is 18.2 Å². The topological polar surface area (TPSA) is 108 Å². The van der Waals surface area contributed by atoms with E-state index in [0.717, 1.165) is 27.8 Å². The Morgan fingerprint density at radius 1 is 1.07 bits per heavy atom. The molecule has 1 saturated heterocycles. The molecule has 0 spiro atoms. The number of pyridine rings is 1. The van der Waals surface area contributed by atoms with Crippen LogP contribution in [0.15, 0.2) is 52.2 Å². The molecule has 0 bridgehead atoms. The summed E-state index contributed by atoms with van der Waals surface area (Å²) in [6.45, 7) is 0.406. The highest BCUT2D eigenvalue weighted by Gasteiger charge is 2.33. The number of benzene rings is 2. The Morgan fingerprint density at radius 2 is 1.77 bits per heavy atom. The monoisotopic (exact) mass is 424 g/mol. The fraction of sp³-hybridized carbons (Fsp3) is 0.273. The van der Waals surface area contributed by atoms with E-state index >= 15 is 0 Å². The first-order valence-electron chi connectivity index (χ1n) is 9.86. The zero-order chi connectivity index (χ0) is 21.0. The van der Waals surface area contributed by atoms with Crippen molar-refractivity contribution in [2.45, 2.75) is 24.2 Å². The molecule has 30 heavy (non-hydrogen) atoms. The first kappa shape index (κ1) is 19.0. The fourth-order valence-electron chi connectivity index (χ4n) is 4.55. The number of nitrogens with one attached hydrogen (secondary N) is 1. The van der Waals surface area contributed by atoms with Gasteiger partial charge in [0.05, 0.1) is 16.5 Å². The van der Waals surface area contributed by atoms with Crippen LogP contribution in [0.4, 0.5) is 0 Å². The summed E-state index contributed by atoms with van der Waals surface area (Å²) in [7, 11) is -3.70. The molecule has 2 heterocycles. The second-order valence-corrected chi connectivity index (χ2v) is 9.80. The van der Waals surface area contributed by atoms with Gasteiger partial charge in [0, 0.05) is 30.5 Å². The lowest BCUT2D eigenvalue weighted by Crippen LogP contribution is -2.40. The summed E-state index contributed by atoms with van der Waals surface area (Å²) in [4.78, 5) is 26.8. The highest BCUT2D eigenvalue weighted by atomic mass is 32.2. The molecule has 5 rings (SSSR count). The number of aromatic amines is 1. The van der Waals surface area contributed by atoms with Crippen LogP contribution in [0.5, 0.6) is 0 Å². The Kier molecular flexibility index (Phi) is 4.30. The summed E-state index contributed by atoms with van der Waals surface area (Å²) in [6, 6.07) is 12.4. The quantitative estimate of drug-likeness (QED) is 0.526. The zero-order valence-corrected chi connectivity index (χ0v) is 16.9. The number of rotatable bonds is 3. The predicted octanol–water partition coefficient (Wildman–Crippen LogP) is 2.58. The van der Waals surface area contributed by atoms with Crippen molar-refractivity contribution in [3.63, 3.8) is 0 Å². The van der Waals surface area contributed by atoms with Gasteiger partial charge < -0.3 is 10.1 Å². The lowest BCUT2D eigenvalue weighted by atomic mass is 9.99. The third-order valence-corrected chi connectivity index (χ3v) is 8.09. The summed E-state index contributed by atoms with van der Waals surface area (Å²) in [5.74, 6) is -1.36. The van der Waals surface area contributed by atoms with Gasteiger partial charge in [-0.3, -0.25) is 9.59 Å². The van der Waals surface area contributed by atoms with Crippen molar-refractivity contribution in [1.29, 1.82) is 0 Å². The number of H-pyrrole nitrogens is 1. The van der Waals surface area contributed by atoms with Crippen LogP contribution in [-0.2, 0) is 21.2 Å². The third kappa shape index (κ3) is 2.86. The summed E-state index contributed by atoms with van der Waals surface area (Å²) in [5, 5.41) is 10.6. The molecule has 0 radical (unpaired) electrons. The minimum Gasteiger partial charge on any atom is -0.481 e. The maximum atomic E-state index is 13.1. The summed E-state index contributed by atoms with van der Waals surface area (Å²) >= 11 is 0. The predicted molar refractivity (Wildman–Crippen MR) is 112 cm³/mol. The van der Waals surface area contributed by atoms with Crippen molar-refractivity contribution in [1.82, 2.24) is 9.29 Å². The van der Waals surface area contributed by atoms with Crippen molar-refractivity contribution in [2.24, 2.45) is 5.92 Å². The van der Waals surface area contributed by atoms with Crippen molar-refractivity contribution in [3.8, 4) is 11.3 Å². The lowest BCUT2D eigenvalue weighted by molar-refractivity contribution is -0.142. The number of carboxylic acids is 1. The summed E-state index contributed by atoms with van der Waals surface area (Å²) < 4.78 is 27.6. The van der Waals surface area contributed by atoms with Crippen LogP contribution in [0.25, 0.3) is 22.0 Å². The van der Waals surface area contributed by atoms with Gasteiger partial charge in [-0.25, -0.2) is 8.42 Å². The van der Waals surface area contributed by atoms with Gasteiger partial charge >= 0.3 is 5.97 Å². The second-order valence-electron chi connectivity index (χ2n) is 7.87. The van der Waals surface area contributed by atoms with Crippen molar-refractivity contribution < 1.29 is 18.3 Å². The molecule has 1 aliphatic carbocycles. The van der Waals surface area contributed by atoms with E-state index in [1.54, 1.807) is 24.3 Å². The number of carboxylic acid groups (broad SMARTS) is 1. The molecular weight excluding hydrogens is 404 g/mol. The van der Waals surface area contributed by atoms with Crippen LogP contribution in [0.2, 0.25) is 0 Å². The second kappa shape index (κ2) is 6.78. The molecular formula is C22H20N2O5S. The van der Waals surface area contributed by atoms with Crippen molar-refractivity contribution in [3.05, 3.63) is 63.9 Å². The Morgan fingerprint density at radius 3 is 2.47 bits per heavy atom. The highest BCUT2D eigenvalue weighted by Crippen LogP contribution is 2.39. The minimum absolute atomic E-state index is 0.157. The van der Waals surface area contributed by atoms with Crippen molar-refractivity contribution >= 4 is 26.8 Å². The number of carbonyl (C=O) groups is 1. The van der Waals surface area contributed by atoms with E-state index in [9.17, 15) is 18.0 Å². The highest BCUT2D eigenvalue weighted by molar-refractivity contribution is 7.89. The third-order valence-electron chi connectivity index (χ3n) is 6.19. The van der Waals surface area contributed by atoms with Gasteiger partial charge in [-0.1, -0.05) is 24.3 Å².